The number of hydrogen-bond donors (Lipinski definition) is 3. The molecule has 4 rings (SSSR count). The van der Waals surface area contributed by atoms with Crippen molar-refractivity contribution in [3.05, 3.63) is 36.7 Å². The standard InChI is InChI=1S/C27H38ClFN7O7P/c1-6-12-35(5)22-20-23(33-26(30)32-22)36(15-31-20)24-19(29)21(37)27(13-28,42-24)14-40-44(39,43-18-10-8-7-9-11-18)34-17(4)25(38)41-16(2)3/h7-11,15-17,19,21,24,37H,6,12-14H2,1-5H3,(H,34,39)(H2,30,32,33)/t17-,19+,21-,24+,27+,44+/m0/s1. The minimum absolute atomic E-state index is 0.0618. The van der Waals surface area contributed by atoms with Crippen molar-refractivity contribution in [1.82, 2.24) is 24.6 Å². The summed E-state index contributed by atoms with van der Waals surface area (Å²) in [6.45, 7) is 6.73. The van der Waals surface area contributed by atoms with Crippen molar-refractivity contribution in [3.63, 3.8) is 0 Å². The summed E-state index contributed by atoms with van der Waals surface area (Å²) in [5.74, 6) is -0.619. The summed E-state index contributed by atoms with van der Waals surface area (Å²) in [5, 5.41) is 13.6. The molecule has 3 heterocycles. The first-order valence-electron chi connectivity index (χ1n) is 14.1. The average Bonchev–Trinajstić information content (AvgIpc) is 3.50. The molecule has 242 valence electrons. The first-order valence-corrected chi connectivity index (χ1v) is 16.2. The molecule has 0 radical (unpaired) electrons. The van der Waals surface area contributed by atoms with Crippen molar-refractivity contribution in [2.24, 2.45) is 0 Å². The van der Waals surface area contributed by atoms with Gasteiger partial charge >= 0.3 is 13.7 Å². The molecule has 6 atom stereocenters. The highest BCUT2D eigenvalue weighted by atomic mass is 35.5. The SMILES string of the molecule is CCCN(C)c1nc(N)nc2c1ncn2[C@@H]1O[C@](CCl)(CO[P@](=O)(N[C@@H](C)C(=O)OC(C)C)Oc2ccccc2)[C@@H](O)[C@H]1F. The topological polar surface area (TPSA) is 176 Å². The fourth-order valence-electron chi connectivity index (χ4n) is 4.64. The number of nitrogens with two attached hydrogens (primary N) is 1. The molecule has 3 aromatic rings. The highest BCUT2D eigenvalue weighted by molar-refractivity contribution is 7.52. The summed E-state index contributed by atoms with van der Waals surface area (Å²) < 4.78 is 53.7. The highest BCUT2D eigenvalue weighted by Crippen LogP contribution is 2.49. The maximum atomic E-state index is 15.8. The summed E-state index contributed by atoms with van der Waals surface area (Å²) in [5.41, 5.74) is 4.61. The van der Waals surface area contributed by atoms with E-state index in [9.17, 15) is 14.5 Å². The van der Waals surface area contributed by atoms with Crippen molar-refractivity contribution in [3.8, 4) is 5.75 Å². The van der Waals surface area contributed by atoms with Gasteiger partial charge < -0.3 is 29.7 Å². The maximum Gasteiger partial charge on any atom is 0.459 e. The molecule has 1 aliphatic rings. The normalized spacial score (nSPS) is 23.9. The lowest BCUT2D eigenvalue weighted by atomic mass is 9.99. The predicted molar refractivity (Wildman–Crippen MR) is 162 cm³/mol. The van der Waals surface area contributed by atoms with E-state index in [2.05, 4.69) is 20.0 Å². The summed E-state index contributed by atoms with van der Waals surface area (Å²) in [4.78, 5) is 27.2. The van der Waals surface area contributed by atoms with Crippen LogP contribution in [-0.4, -0.2) is 86.7 Å². The highest BCUT2D eigenvalue weighted by Gasteiger charge is 2.57. The Labute approximate surface area is 259 Å². The second-order valence-electron chi connectivity index (χ2n) is 10.8. The van der Waals surface area contributed by atoms with Gasteiger partial charge in [0.1, 0.15) is 23.5 Å². The van der Waals surface area contributed by atoms with E-state index in [0.717, 1.165) is 6.42 Å². The quantitative estimate of drug-likeness (QED) is 0.130. The van der Waals surface area contributed by atoms with Gasteiger partial charge in [0.05, 0.1) is 24.9 Å². The largest absolute Gasteiger partial charge is 0.462 e. The second-order valence-corrected chi connectivity index (χ2v) is 12.7. The number of nitrogens with one attached hydrogen (secondary N) is 1. The van der Waals surface area contributed by atoms with Crippen LogP contribution in [0.3, 0.4) is 0 Å². The number of ether oxygens (including phenoxy) is 2. The Morgan fingerprint density at radius 1 is 1.32 bits per heavy atom. The van der Waals surface area contributed by atoms with E-state index in [-0.39, 0.29) is 17.3 Å². The Bertz CT molecular complexity index is 1490. The number of alkyl halides is 2. The molecule has 0 bridgehead atoms. The Kier molecular flexibility index (Phi) is 10.7. The van der Waals surface area contributed by atoms with Gasteiger partial charge in [-0.2, -0.15) is 15.1 Å². The zero-order valence-corrected chi connectivity index (χ0v) is 26.7. The lowest BCUT2D eigenvalue weighted by molar-refractivity contribution is -0.149. The van der Waals surface area contributed by atoms with E-state index in [1.54, 1.807) is 32.0 Å². The van der Waals surface area contributed by atoms with Crippen LogP contribution in [0.15, 0.2) is 36.7 Å². The summed E-state index contributed by atoms with van der Waals surface area (Å²) in [6, 6.07) is 6.96. The third-order valence-corrected chi connectivity index (χ3v) is 8.89. The lowest BCUT2D eigenvalue weighted by Crippen LogP contribution is -2.48. The van der Waals surface area contributed by atoms with E-state index in [1.165, 1.54) is 30.0 Å². The van der Waals surface area contributed by atoms with E-state index in [0.29, 0.717) is 17.9 Å². The first kappa shape index (κ1) is 33.8. The number of halogens is 2. The molecule has 0 saturated carbocycles. The molecule has 1 saturated heterocycles. The van der Waals surface area contributed by atoms with Crippen LogP contribution in [0.5, 0.6) is 5.75 Å². The number of aliphatic hydroxyl groups is 1. The van der Waals surface area contributed by atoms with Gasteiger partial charge in [-0.15, -0.1) is 11.6 Å². The van der Waals surface area contributed by atoms with Crippen molar-refractivity contribution in [2.45, 2.75) is 70.4 Å². The number of benzene rings is 1. The zero-order valence-electron chi connectivity index (χ0n) is 25.1. The molecule has 0 spiro atoms. The van der Waals surface area contributed by atoms with Crippen molar-refractivity contribution < 1.29 is 37.4 Å². The number of aliphatic hydroxyl groups excluding tert-OH is 1. The maximum absolute atomic E-state index is 15.8. The lowest BCUT2D eigenvalue weighted by Gasteiger charge is -2.31. The third kappa shape index (κ3) is 7.24. The van der Waals surface area contributed by atoms with Crippen LogP contribution in [0.1, 0.15) is 40.3 Å². The molecule has 17 heteroatoms. The summed E-state index contributed by atoms with van der Waals surface area (Å²) in [7, 11) is -2.56. The molecule has 1 aliphatic heterocycles. The fourth-order valence-corrected chi connectivity index (χ4v) is 6.49. The van der Waals surface area contributed by atoms with Gasteiger partial charge in [0.2, 0.25) is 5.95 Å². The van der Waals surface area contributed by atoms with Gasteiger partial charge in [-0.05, 0) is 39.3 Å². The predicted octanol–water partition coefficient (Wildman–Crippen LogP) is 3.59. The molecule has 1 fully saturated rings. The van der Waals surface area contributed by atoms with Gasteiger partial charge in [0, 0.05) is 13.6 Å². The van der Waals surface area contributed by atoms with Crippen LogP contribution in [0.2, 0.25) is 0 Å². The molecular formula is C27H38ClFN7O7P. The van der Waals surface area contributed by atoms with Gasteiger partial charge in [-0.1, -0.05) is 25.1 Å². The minimum Gasteiger partial charge on any atom is -0.462 e. The monoisotopic (exact) mass is 657 g/mol. The number of carbonyl (C=O) groups excluding carboxylic acids is 1. The number of esters is 1. The number of aromatic nitrogens is 4. The minimum atomic E-state index is -4.38. The average molecular weight is 658 g/mol. The summed E-state index contributed by atoms with van der Waals surface area (Å²) in [6.07, 6.45) is -3.62. The Morgan fingerprint density at radius 2 is 2.02 bits per heavy atom. The molecule has 0 unspecified atom stereocenters. The number of para-hydroxylation sites is 1. The van der Waals surface area contributed by atoms with Gasteiger partial charge in [0.25, 0.3) is 0 Å². The number of imidazole rings is 1. The zero-order chi connectivity index (χ0) is 32.2. The number of fused-ring (bicyclic) bond motifs is 1. The van der Waals surface area contributed by atoms with Crippen molar-refractivity contribution >= 4 is 48.2 Å². The molecule has 1 aromatic carbocycles. The summed E-state index contributed by atoms with van der Waals surface area (Å²) >= 11 is 6.27. The molecule has 0 amide bonds. The van der Waals surface area contributed by atoms with Crippen molar-refractivity contribution in [2.75, 3.05) is 36.7 Å². The van der Waals surface area contributed by atoms with E-state index in [4.69, 9.17) is 35.9 Å². The second kappa shape index (κ2) is 13.9. The van der Waals surface area contributed by atoms with Gasteiger partial charge in [-0.25, -0.2) is 13.9 Å². The molecular weight excluding hydrogens is 620 g/mol. The molecule has 2 aromatic heterocycles. The number of hydrogen-bond acceptors (Lipinski definition) is 12. The number of anilines is 2. The van der Waals surface area contributed by atoms with Crippen LogP contribution >= 0.6 is 19.3 Å². The van der Waals surface area contributed by atoms with E-state index < -0.39 is 62.5 Å². The number of nitrogens with zero attached hydrogens (tertiary/aromatic N) is 5. The van der Waals surface area contributed by atoms with Crippen LogP contribution in [0.4, 0.5) is 16.2 Å². The fraction of sp³-hybridized carbons (Fsp3) is 0.556. The van der Waals surface area contributed by atoms with Gasteiger partial charge in [-0.3, -0.25) is 13.9 Å². The Hall–Kier alpha value is -3.07. The van der Waals surface area contributed by atoms with Crippen molar-refractivity contribution in [1.29, 1.82) is 0 Å². The van der Waals surface area contributed by atoms with Crippen LogP contribution in [0, 0.1) is 0 Å². The van der Waals surface area contributed by atoms with Crippen LogP contribution in [-0.2, 0) is 23.4 Å². The molecule has 4 N–H and O–H groups in total. The van der Waals surface area contributed by atoms with E-state index in [1.807, 2.05) is 18.9 Å². The molecule has 14 nitrogen and oxygen atoms in total. The molecule has 0 aliphatic carbocycles. The van der Waals surface area contributed by atoms with Gasteiger partial charge in [0.15, 0.2) is 29.4 Å². The number of rotatable bonds is 14. The van der Waals surface area contributed by atoms with Crippen LogP contribution < -0.4 is 20.2 Å². The Balaban J connectivity index is 1.62. The smallest absolute Gasteiger partial charge is 0.459 e. The van der Waals surface area contributed by atoms with E-state index >= 15 is 4.39 Å². The third-order valence-electron chi connectivity index (χ3n) is 6.81. The number of nitrogen functional groups attached to an aromatic ring is 1. The Morgan fingerprint density at radius 3 is 2.66 bits per heavy atom. The first-order chi connectivity index (χ1) is 20.8. The number of carbonyl (C=O) groups is 1. The van der Waals surface area contributed by atoms with Crippen LogP contribution in [0.25, 0.3) is 11.2 Å². The molecule has 44 heavy (non-hydrogen) atoms.